The number of carbonyl (C=O) groups is 1. The molecule has 16 heavy (non-hydrogen) atoms. The average molecular weight is 229 g/mol. The van der Waals surface area contributed by atoms with Gasteiger partial charge in [-0.1, -0.05) is 0 Å². The van der Waals surface area contributed by atoms with Crippen molar-refractivity contribution < 1.29 is 9.90 Å². The Hall–Kier alpha value is -0.650. The molecule has 0 radical (unpaired) electrons. The average Bonchev–Trinajstić information content (AvgIpc) is 2.60. The van der Waals surface area contributed by atoms with Gasteiger partial charge in [0.2, 0.25) is 0 Å². The molecule has 5 nitrogen and oxygen atoms in total. The van der Waals surface area contributed by atoms with Gasteiger partial charge in [0.15, 0.2) is 0 Å². The van der Waals surface area contributed by atoms with Gasteiger partial charge in [0.1, 0.15) is 6.04 Å². The molecule has 0 aromatic rings. The molecule has 0 aromatic heterocycles. The van der Waals surface area contributed by atoms with Crippen LogP contribution in [0.25, 0.3) is 0 Å². The third-order valence-electron chi connectivity index (χ3n) is 3.43. The van der Waals surface area contributed by atoms with Gasteiger partial charge in [0, 0.05) is 12.6 Å². The molecule has 0 aliphatic carbocycles. The zero-order valence-electron chi connectivity index (χ0n) is 10.2. The zero-order chi connectivity index (χ0) is 12.1. The van der Waals surface area contributed by atoms with Crippen molar-refractivity contribution in [2.45, 2.75) is 31.3 Å². The lowest BCUT2D eigenvalue weighted by Gasteiger charge is -2.29. The van der Waals surface area contributed by atoms with E-state index >= 15 is 0 Å². The quantitative estimate of drug-likeness (QED) is 0.661. The third kappa shape index (κ3) is 3.43. The van der Waals surface area contributed by atoms with Crippen molar-refractivity contribution in [2.24, 2.45) is 5.73 Å². The largest absolute Gasteiger partial charge is 0.480 e. The minimum atomic E-state index is -0.770. The molecule has 1 aliphatic rings. The minimum Gasteiger partial charge on any atom is -0.480 e. The number of carboxylic acid groups (broad SMARTS) is 1. The number of nitrogens with two attached hydrogens (primary N) is 1. The monoisotopic (exact) mass is 229 g/mol. The maximum Gasteiger partial charge on any atom is 0.320 e. The van der Waals surface area contributed by atoms with Crippen molar-refractivity contribution in [3.05, 3.63) is 0 Å². The molecule has 1 rings (SSSR count). The predicted molar refractivity (Wildman–Crippen MR) is 63.4 cm³/mol. The van der Waals surface area contributed by atoms with Crippen LogP contribution in [0.5, 0.6) is 0 Å². The van der Waals surface area contributed by atoms with Gasteiger partial charge >= 0.3 is 5.97 Å². The number of carboxylic acids is 1. The number of likely N-dealkylation sites (tertiary alicyclic amines) is 1. The van der Waals surface area contributed by atoms with E-state index in [2.05, 4.69) is 11.9 Å². The predicted octanol–water partition coefficient (Wildman–Crippen LogP) is -0.186. The molecule has 1 aliphatic heterocycles. The van der Waals surface area contributed by atoms with Crippen molar-refractivity contribution in [2.75, 3.05) is 33.7 Å². The van der Waals surface area contributed by atoms with E-state index in [1.807, 2.05) is 11.9 Å². The molecule has 2 unspecified atom stereocenters. The molecule has 0 bridgehead atoms. The lowest BCUT2D eigenvalue weighted by molar-refractivity contribution is -0.143. The van der Waals surface area contributed by atoms with E-state index in [0.29, 0.717) is 19.0 Å². The van der Waals surface area contributed by atoms with E-state index in [9.17, 15) is 4.79 Å². The van der Waals surface area contributed by atoms with Crippen LogP contribution in [0, 0.1) is 0 Å². The van der Waals surface area contributed by atoms with Crippen LogP contribution in [0.3, 0.4) is 0 Å². The lowest BCUT2D eigenvalue weighted by Crippen LogP contribution is -2.45. The van der Waals surface area contributed by atoms with Crippen molar-refractivity contribution in [1.29, 1.82) is 0 Å². The zero-order valence-corrected chi connectivity index (χ0v) is 10.2. The van der Waals surface area contributed by atoms with Gasteiger partial charge in [-0.25, -0.2) is 0 Å². The summed E-state index contributed by atoms with van der Waals surface area (Å²) in [4.78, 5) is 15.3. The maximum atomic E-state index is 11.1. The molecule has 3 N–H and O–H groups in total. The number of rotatable bonds is 6. The molecule has 1 saturated heterocycles. The lowest BCUT2D eigenvalue weighted by atomic mass is 10.1. The van der Waals surface area contributed by atoms with E-state index in [-0.39, 0.29) is 0 Å². The van der Waals surface area contributed by atoms with Gasteiger partial charge in [0.05, 0.1) is 0 Å². The number of hydrogen-bond acceptors (Lipinski definition) is 4. The van der Waals surface area contributed by atoms with Crippen LogP contribution in [0.2, 0.25) is 0 Å². The van der Waals surface area contributed by atoms with Crippen LogP contribution in [0.1, 0.15) is 19.3 Å². The summed E-state index contributed by atoms with van der Waals surface area (Å²) in [5.41, 5.74) is 5.44. The second kappa shape index (κ2) is 6.18. The van der Waals surface area contributed by atoms with Crippen molar-refractivity contribution in [3.8, 4) is 0 Å². The molecule has 0 aromatic carbocycles. The fourth-order valence-electron chi connectivity index (χ4n) is 2.36. The van der Waals surface area contributed by atoms with E-state index in [4.69, 9.17) is 10.8 Å². The Balaban J connectivity index is 2.47. The highest BCUT2D eigenvalue weighted by Crippen LogP contribution is 2.16. The summed E-state index contributed by atoms with van der Waals surface area (Å²) < 4.78 is 0. The second-order valence-electron chi connectivity index (χ2n) is 4.65. The molecule has 1 fully saturated rings. The van der Waals surface area contributed by atoms with Gasteiger partial charge in [-0.05, 0) is 46.4 Å². The fourth-order valence-corrected chi connectivity index (χ4v) is 2.36. The third-order valence-corrected chi connectivity index (χ3v) is 3.43. The van der Waals surface area contributed by atoms with Crippen LogP contribution in [0.4, 0.5) is 0 Å². The first-order chi connectivity index (χ1) is 7.56. The number of nitrogens with zero attached hydrogens (tertiary/aromatic N) is 2. The first-order valence-electron chi connectivity index (χ1n) is 5.89. The fraction of sp³-hybridized carbons (Fsp3) is 0.909. The molecule has 0 spiro atoms. The Morgan fingerprint density at radius 3 is 2.81 bits per heavy atom. The molecular formula is C11H23N3O2. The van der Waals surface area contributed by atoms with Gasteiger partial charge in [-0.2, -0.15) is 0 Å². The van der Waals surface area contributed by atoms with Gasteiger partial charge in [-0.15, -0.1) is 0 Å². The summed E-state index contributed by atoms with van der Waals surface area (Å²) in [6, 6.07) is 0.0450. The second-order valence-corrected chi connectivity index (χ2v) is 4.65. The summed E-state index contributed by atoms with van der Waals surface area (Å²) in [5, 5.41) is 9.10. The summed E-state index contributed by atoms with van der Waals surface area (Å²) in [6.07, 6.45) is 2.89. The molecule has 5 heteroatoms. The number of likely N-dealkylation sites (N-methyl/N-ethyl adjacent to an activating group) is 2. The van der Waals surface area contributed by atoms with Crippen molar-refractivity contribution in [3.63, 3.8) is 0 Å². The Bertz CT molecular complexity index is 235. The SMILES string of the molecule is CN1CCCC1CN(C)C(CCN)C(=O)O. The first kappa shape index (κ1) is 13.4. The van der Waals surface area contributed by atoms with Crippen LogP contribution >= 0.6 is 0 Å². The van der Waals surface area contributed by atoms with Crippen LogP contribution < -0.4 is 5.73 Å². The Morgan fingerprint density at radius 2 is 2.38 bits per heavy atom. The Labute approximate surface area is 97.2 Å². The van der Waals surface area contributed by atoms with Crippen LogP contribution in [-0.2, 0) is 4.79 Å². The minimum absolute atomic E-state index is 0.418. The van der Waals surface area contributed by atoms with Gasteiger partial charge < -0.3 is 15.7 Å². The summed E-state index contributed by atoms with van der Waals surface area (Å²) in [5.74, 6) is -0.770. The van der Waals surface area contributed by atoms with Crippen molar-refractivity contribution >= 4 is 5.97 Å². The van der Waals surface area contributed by atoms with Crippen LogP contribution in [0.15, 0.2) is 0 Å². The molecule has 94 valence electrons. The molecule has 0 saturated carbocycles. The van der Waals surface area contributed by atoms with E-state index in [0.717, 1.165) is 19.5 Å². The van der Waals surface area contributed by atoms with Gasteiger partial charge in [-0.3, -0.25) is 9.69 Å². The van der Waals surface area contributed by atoms with Crippen molar-refractivity contribution in [1.82, 2.24) is 9.80 Å². The summed E-state index contributed by atoms with van der Waals surface area (Å²) >= 11 is 0. The van der Waals surface area contributed by atoms with Gasteiger partial charge in [0.25, 0.3) is 0 Å². The summed E-state index contributed by atoms with van der Waals surface area (Å²) in [7, 11) is 3.98. The Morgan fingerprint density at radius 1 is 1.69 bits per heavy atom. The highest BCUT2D eigenvalue weighted by atomic mass is 16.4. The van der Waals surface area contributed by atoms with E-state index < -0.39 is 12.0 Å². The highest BCUT2D eigenvalue weighted by Gasteiger charge is 2.27. The standard InChI is InChI=1S/C11H23N3O2/c1-13-7-3-4-9(13)8-14(2)10(5-6-12)11(15)16/h9-10H,3-8,12H2,1-2H3,(H,15,16). The topological polar surface area (TPSA) is 69.8 Å². The molecular weight excluding hydrogens is 206 g/mol. The smallest absolute Gasteiger partial charge is 0.320 e. The number of aliphatic carboxylic acids is 1. The molecule has 2 atom stereocenters. The number of hydrogen-bond donors (Lipinski definition) is 2. The van der Waals surface area contributed by atoms with E-state index in [1.165, 1.54) is 6.42 Å². The summed E-state index contributed by atoms with van der Waals surface area (Å²) in [6.45, 7) is 2.35. The van der Waals surface area contributed by atoms with E-state index in [1.54, 1.807) is 0 Å². The first-order valence-corrected chi connectivity index (χ1v) is 5.89. The maximum absolute atomic E-state index is 11.1. The van der Waals surface area contributed by atoms with Crippen LogP contribution in [-0.4, -0.2) is 66.7 Å². The molecule has 0 amide bonds. The molecule has 1 heterocycles. The normalized spacial score (nSPS) is 23.9. The highest BCUT2D eigenvalue weighted by molar-refractivity contribution is 5.73. The Kier molecular flexibility index (Phi) is 5.18.